The first-order valence-electron chi connectivity index (χ1n) is 16.9. The first-order chi connectivity index (χ1) is 24.2. The Hall–Kier alpha value is -5.47. The van der Waals surface area contributed by atoms with E-state index in [0.717, 1.165) is 28.0 Å². The number of rotatable bonds is 12. The van der Waals surface area contributed by atoms with E-state index >= 15 is 0 Å². The summed E-state index contributed by atoms with van der Waals surface area (Å²) in [5.41, 5.74) is 4.54. The minimum absolute atomic E-state index is 0.00229. The first-order valence-corrected chi connectivity index (χ1v) is 16.9. The molecule has 3 atom stereocenters. The van der Waals surface area contributed by atoms with E-state index in [1.54, 1.807) is 30.0 Å². The van der Waals surface area contributed by atoms with Gasteiger partial charge in [0.15, 0.2) is 12.4 Å². The second-order valence-electron chi connectivity index (χ2n) is 12.6. The highest BCUT2D eigenvalue weighted by molar-refractivity contribution is 5.91. The maximum absolute atomic E-state index is 11.9. The van der Waals surface area contributed by atoms with Crippen LogP contribution in [0.1, 0.15) is 12.8 Å². The third-order valence-electron chi connectivity index (χ3n) is 8.63. The summed E-state index contributed by atoms with van der Waals surface area (Å²) in [5.74, 6) is 1.86. The fourth-order valence-electron chi connectivity index (χ4n) is 5.77. The Morgan fingerprint density at radius 3 is 1.58 bits per heavy atom. The molecule has 6 rings (SSSR count). The molecule has 1 N–H and O–H groups in total. The van der Waals surface area contributed by atoms with Crippen LogP contribution >= 0.6 is 0 Å². The minimum atomic E-state index is -0.685. The number of nitrogens with zero attached hydrogens (tertiary/aromatic N) is 2. The van der Waals surface area contributed by atoms with E-state index in [0.29, 0.717) is 31.7 Å². The number of hydrogen-bond donors (Lipinski definition) is 1. The van der Waals surface area contributed by atoms with Crippen molar-refractivity contribution in [1.82, 2.24) is 9.80 Å². The molecule has 2 amide bonds. The molecule has 0 spiro atoms. The highest BCUT2D eigenvalue weighted by atomic mass is 16.5. The molecule has 4 aromatic carbocycles. The molecule has 0 bridgehead atoms. The van der Waals surface area contributed by atoms with Crippen LogP contribution in [0.2, 0.25) is 0 Å². The van der Waals surface area contributed by atoms with Gasteiger partial charge in [-0.1, -0.05) is 103 Å². The van der Waals surface area contributed by atoms with Crippen molar-refractivity contribution in [2.24, 2.45) is 11.8 Å². The van der Waals surface area contributed by atoms with Crippen LogP contribution in [0.4, 0.5) is 0 Å². The third kappa shape index (κ3) is 10.8. The smallest absolute Gasteiger partial charge is 0.222 e. The largest absolute Gasteiger partial charge is 0.491 e. The summed E-state index contributed by atoms with van der Waals surface area (Å²) >= 11 is 0. The summed E-state index contributed by atoms with van der Waals surface area (Å²) in [6.07, 6.45) is 7.27. The average Bonchev–Trinajstić information content (AvgIpc) is 3.66. The Morgan fingerprint density at radius 1 is 0.680 bits per heavy atom. The number of carbonyl (C=O) groups is 3. The molecule has 0 aromatic heterocycles. The zero-order valence-electron chi connectivity index (χ0n) is 28.6. The van der Waals surface area contributed by atoms with Gasteiger partial charge in [-0.25, -0.2) is 0 Å². The van der Waals surface area contributed by atoms with Crippen LogP contribution in [-0.2, 0) is 14.4 Å². The first kappa shape index (κ1) is 35.8. The molecule has 0 radical (unpaired) electrons. The van der Waals surface area contributed by atoms with Crippen LogP contribution in [0.15, 0.2) is 133 Å². The third-order valence-corrected chi connectivity index (χ3v) is 8.63. The number of ketones is 1. The molecule has 0 aliphatic carbocycles. The van der Waals surface area contributed by atoms with Crippen molar-refractivity contribution in [2.75, 3.05) is 40.4 Å². The Bertz CT molecular complexity index is 1750. The van der Waals surface area contributed by atoms with Crippen LogP contribution in [0, 0.1) is 11.8 Å². The summed E-state index contributed by atoms with van der Waals surface area (Å²) in [6.45, 7) is 1.57. The lowest BCUT2D eigenvalue weighted by molar-refractivity contribution is -0.127. The summed E-state index contributed by atoms with van der Waals surface area (Å²) in [5, 5.41) is 10.0. The molecule has 3 unspecified atom stereocenters. The van der Waals surface area contributed by atoms with Gasteiger partial charge in [0.2, 0.25) is 11.8 Å². The molecular formula is C42H44N2O6. The zero-order valence-corrected chi connectivity index (χ0v) is 28.6. The lowest BCUT2D eigenvalue weighted by Crippen LogP contribution is -2.19. The van der Waals surface area contributed by atoms with Gasteiger partial charge >= 0.3 is 0 Å². The Morgan fingerprint density at radius 2 is 1.12 bits per heavy atom. The Balaban J connectivity index is 0.000000194. The number of amides is 2. The molecule has 0 saturated carbocycles. The lowest BCUT2D eigenvalue weighted by Gasteiger charge is -2.11. The predicted molar refractivity (Wildman–Crippen MR) is 196 cm³/mol. The maximum Gasteiger partial charge on any atom is 0.222 e. The molecule has 2 fully saturated rings. The molecular weight excluding hydrogens is 628 g/mol. The van der Waals surface area contributed by atoms with Crippen LogP contribution in [0.5, 0.6) is 11.5 Å². The molecule has 2 saturated heterocycles. The molecule has 2 aliphatic rings. The molecule has 2 heterocycles. The van der Waals surface area contributed by atoms with Crippen LogP contribution in [-0.4, -0.2) is 79.0 Å². The van der Waals surface area contributed by atoms with Crippen molar-refractivity contribution in [1.29, 1.82) is 0 Å². The van der Waals surface area contributed by atoms with E-state index in [-0.39, 0.29) is 42.6 Å². The molecule has 8 heteroatoms. The molecule has 50 heavy (non-hydrogen) atoms. The second kappa shape index (κ2) is 17.8. The molecule has 4 aromatic rings. The minimum Gasteiger partial charge on any atom is -0.491 e. The normalized spacial score (nSPS) is 18.0. The van der Waals surface area contributed by atoms with E-state index in [1.807, 2.05) is 97.1 Å². The summed E-state index contributed by atoms with van der Waals surface area (Å²) in [6, 6.07) is 35.7. The maximum atomic E-state index is 11.9. The van der Waals surface area contributed by atoms with Gasteiger partial charge in [-0.3, -0.25) is 14.4 Å². The molecule has 8 nitrogen and oxygen atoms in total. The van der Waals surface area contributed by atoms with Crippen molar-refractivity contribution < 1.29 is 29.0 Å². The van der Waals surface area contributed by atoms with E-state index < -0.39 is 6.10 Å². The van der Waals surface area contributed by atoms with Crippen molar-refractivity contribution in [2.45, 2.75) is 18.9 Å². The SMILES string of the molecule is CN1CC(C=CC(=O)COc2ccc(-c3ccccc3)cc2)CC1=O.CN1CC(C=CC(O)COc2ccc(-c3ccccc3)cc2)CC1=O. The van der Waals surface area contributed by atoms with Crippen LogP contribution in [0.25, 0.3) is 22.3 Å². The number of benzene rings is 4. The number of carbonyl (C=O) groups excluding carboxylic acids is 3. The number of likely N-dealkylation sites (tertiary alicyclic amines) is 2. The fourth-order valence-corrected chi connectivity index (χ4v) is 5.77. The molecule has 2 aliphatic heterocycles. The standard InChI is InChI=1S/C21H23NO3.C21H21NO3/c2*1-22-14-16(13-21(22)24)7-10-19(23)15-25-20-11-8-18(9-12-20)17-5-3-2-4-6-17/h2-12,16,19,23H,13-15H2,1H3;2-12,16H,13-15H2,1H3. The van der Waals surface area contributed by atoms with Crippen molar-refractivity contribution >= 4 is 17.6 Å². The zero-order chi connectivity index (χ0) is 35.3. The second-order valence-corrected chi connectivity index (χ2v) is 12.6. The summed E-state index contributed by atoms with van der Waals surface area (Å²) < 4.78 is 11.2. The number of ether oxygens (including phenoxy) is 2. The van der Waals surface area contributed by atoms with Gasteiger partial charge in [0.05, 0.1) is 0 Å². The van der Waals surface area contributed by atoms with Gasteiger partial charge in [0.1, 0.15) is 24.2 Å². The quantitative estimate of drug-likeness (QED) is 0.137. The van der Waals surface area contributed by atoms with Gasteiger partial charge in [0.25, 0.3) is 0 Å². The Labute approximate surface area is 294 Å². The van der Waals surface area contributed by atoms with Crippen molar-refractivity contribution in [3.05, 3.63) is 133 Å². The highest BCUT2D eigenvalue weighted by Gasteiger charge is 2.25. The van der Waals surface area contributed by atoms with E-state index in [9.17, 15) is 19.5 Å². The van der Waals surface area contributed by atoms with Crippen LogP contribution < -0.4 is 9.47 Å². The van der Waals surface area contributed by atoms with E-state index in [1.165, 1.54) is 6.08 Å². The summed E-state index contributed by atoms with van der Waals surface area (Å²) in [7, 11) is 3.58. The van der Waals surface area contributed by atoms with Crippen molar-refractivity contribution in [3.8, 4) is 33.8 Å². The Kier molecular flexibility index (Phi) is 12.7. The highest BCUT2D eigenvalue weighted by Crippen LogP contribution is 2.24. The van der Waals surface area contributed by atoms with Gasteiger partial charge < -0.3 is 24.4 Å². The average molecular weight is 673 g/mol. The number of hydrogen-bond acceptors (Lipinski definition) is 6. The van der Waals surface area contributed by atoms with E-state index in [2.05, 4.69) is 24.3 Å². The van der Waals surface area contributed by atoms with Crippen molar-refractivity contribution in [3.63, 3.8) is 0 Å². The predicted octanol–water partition coefficient (Wildman–Crippen LogP) is 6.46. The number of aliphatic hydroxyl groups is 1. The van der Waals surface area contributed by atoms with Gasteiger partial charge in [-0.05, 0) is 52.6 Å². The fraction of sp³-hybridized carbons (Fsp3) is 0.262. The summed E-state index contributed by atoms with van der Waals surface area (Å²) in [4.78, 5) is 38.2. The molecule has 258 valence electrons. The lowest BCUT2D eigenvalue weighted by atomic mass is 10.1. The van der Waals surface area contributed by atoms with Gasteiger partial charge in [0, 0.05) is 51.9 Å². The van der Waals surface area contributed by atoms with Crippen LogP contribution in [0.3, 0.4) is 0 Å². The van der Waals surface area contributed by atoms with E-state index in [4.69, 9.17) is 9.47 Å². The van der Waals surface area contributed by atoms with Gasteiger partial charge in [-0.2, -0.15) is 0 Å². The monoisotopic (exact) mass is 672 g/mol. The number of aliphatic hydroxyl groups excluding tert-OH is 1. The topological polar surface area (TPSA) is 96.4 Å². The van der Waals surface area contributed by atoms with Gasteiger partial charge in [-0.15, -0.1) is 0 Å².